The number of rotatable bonds is 27. The van der Waals surface area contributed by atoms with Gasteiger partial charge >= 0.3 is 17.6 Å². The number of hydrogen-bond acceptors (Lipinski definition) is 8. The predicted octanol–water partition coefficient (Wildman–Crippen LogP) is 5.29. The molecule has 10 heteroatoms. The van der Waals surface area contributed by atoms with E-state index in [2.05, 4.69) is 23.9 Å². The Balaban J connectivity index is 5.02. The van der Waals surface area contributed by atoms with Gasteiger partial charge in [0.05, 0.1) is 0 Å². The fourth-order valence-corrected chi connectivity index (χ4v) is 9.68. The monoisotopic (exact) mass is 552 g/mol. The van der Waals surface area contributed by atoms with Crippen molar-refractivity contribution in [3.63, 3.8) is 0 Å². The van der Waals surface area contributed by atoms with Crippen LogP contribution in [0.5, 0.6) is 0 Å². The molecule has 0 aromatic rings. The van der Waals surface area contributed by atoms with Crippen molar-refractivity contribution >= 4 is 17.6 Å². The largest absolute Gasteiger partial charge is 0.500 e. The van der Waals surface area contributed by atoms with Crippen molar-refractivity contribution in [2.45, 2.75) is 92.2 Å². The molecule has 0 saturated carbocycles. The third-order valence-corrected chi connectivity index (χ3v) is 12.2. The fraction of sp³-hybridized carbons (Fsp3) is 1.00. The molecule has 0 bridgehead atoms. The Labute approximate surface area is 226 Å². The molecule has 0 atom stereocenters. The third-order valence-electron chi connectivity index (χ3n) is 5.93. The van der Waals surface area contributed by atoms with Gasteiger partial charge in [-0.05, 0) is 108 Å². The smallest absolute Gasteiger partial charge is 0.374 e. The van der Waals surface area contributed by atoms with Gasteiger partial charge in [0, 0.05) is 51.7 Å². The van der Waals surface area contributed by atoms with E-state index in [4.69, 9.17) is 26.6 Å². The van der Waals surface area contributed by atoms with Crippen LogP contribution in [0, 0.1) is 0 Å². The summed E-state index contributed by atoms with van der Waals surface area (Å²) >= 11 is 0. The summed E-state index contributed by atoms with van der Waals surface area (Å²) in [6.07, 6.45) is 7.08. The van der Waals surface area contributed by atoms with Crippen LogP contribution < -0.4 is 0 Å². The van der Waals surface area contributed by atoms with Gasteiger partial charge in [-0.25, -0.2) is 0 Å². The van der Waals surface area contributed by atoms with Crippen LogP contribution in [0.25, 0.3) is 0 Å². The van der Waals surface area contributed by atoms with Crippen molar-refractivity contribution in [2.24, 2.45) is 0 Å². The van der Waals surface area contributed by atoms with Gasteiger partial charge in [0.1, 0.15) is 0 Å². The van der Waals surface area contributed by atoms with Crippen molar-refractivity contribution in [3.05, 3.63) is 0 Å². The first-order valence-corrected chi connectivity index (χ1v) is 18.4. The average molecular weight is 553 g/mol. The first-order valence-electron chi connectivity index (χ1n) is 14.6. The highest BCUT2D eigenvalue weighted by molar-refractivity contribution is 6.61. The van der Waals surface area contributed by atoms with Crippen LogP contribution in [-0.4, -0.2) is 107 Å². The topological polar surface area (TPSA) is 61.9 Å². The number of nitrogens with zero attached hydrogens (tertiary/aromatic N) is 2. The van der Waals surface area contributed by atoms with E-state index < -0.39 is 17.6 Å². The molecule has 0 spiro atoms. The van der Waals surface area contributed by atoms with Gasteiger partial charge in [-0.15, -0.1) is 0 Å². The van der Waals surface area contributed by atoms with Crippen LogP contribution in [0.2, 0.25) is 12.1 Å². The normalized spacial score (nSPS) is 12.8. The third kappa shape index (κ3) is 16.9. The van der Waals surface area contributed by atoms with Crippen molar-refractivity contribution in [2.75, 3.05) is 79.9 Å². The maximum Gasteiger partial charge on any atom is 0.500 e. The highest BCUT2D eigenvalue weighted by Crippen LogP contribution is 2.21. The summed E-state index contributed by atoms with van der Waals surface area (Å²) in [5, 5.41) is 0. The van der Waals surface area contributed by atoms with Gasteiger partial charge in [0.15, 0.2) is 0 Å². The molecule has 0 saturated heterocycles. The molecule has 0 N–H and O–H groups in total. The Hall–Kier alpha value is 0.114. The van der Waals surface area contributed by atoms with Gasteiger partial charge in [0.2, 0.25) is 0 Å². The van der Waals surface area contributed by atoms with Gasteiger partial charge in [0.25, 0.3) is 0 Å². The Kier molecular flexibility index (Phi) is 23.1. The highest BCUT2D eigenvalue weighted by atomic mass is 28.4. The SMILES string of the molecule is CCO[Si](CCCN(CCCCCCN(C)C)CCC[Si](OCC)(OCC)OCC)(OCC)OCC. The number of hydrogen-bond donors (Lipinski definition) is 0. The molecule has 0 unspecified atom stereocenters. The molecule has 0 aliphatic rings. The molecule has 0 aromatic heterocycles. The molecule has 0 rings (SSSR count). The maximum absolute atomic E-state index is 6.07. The summed E-state index contributed by atoms with van der Waals surface area (Å²) in [6.45, 7) is 20.2. The Morgan fingerprint density at radius 3 is 1.03 bits per heavy atom. The minimum absolute atomic E-state index is 0.627. The molecule has 0 radical (unpaired) electrons. The Bertz CT molecular complexity index is 425. The quantitative estimate of drug-likeness (QED) is 0.101. The maximum atomic E-state index is 6.07. The van der Waals surface area contributed by atoms with Crippen LogP contribution in [-0.2, 0) is 26.6 Å². The molecular weight excluding hydrogens is 492 g/mol. The minimum atomic E-state index is -2.60. The molecular formula is C26H60N2O6Si2. The van der Waals surface area contributed by atoms with Crippen LogP contribution >= 0.6 is 0 Å². The lowest BCUT2D eigenvalue weighted by atomic mass is 10.2. The second kappa shape index (κ2) is 23.0. The van der Waals surface area contributed by atoms with Crippen LogP contribution in [0.1, 0.15) is 80.1 Å². The van der Waals surface area contributed by atoms with E-state index >= 15 is 0 Å². The summed E-state index contributed by atoms with van der Waals surface area (Å²) in [5.74, 6) is 0. The van der Waals surface area contributed by atoms with Gasteiger partial charge < -0.3 is 36.4 Å². The summed E-state index contributed by atoms with van der Waals surface area (Å²) < 4.78 is 36.4. The summed E-state index contributed by atoms with van der Waals surface area (Å²) in [6, 6.07) is 1.72. The lowest BCUT2D eigenvalue weighted by Gasteiger charge is -2.31. The standard InChI is InChI=1S/C26H60N2O6Si2/c1-9-29-35(30-10-2,31-11-3)25-19-23-28(22-18-16-15-17-21-27(7)8)24-20-26-36(32-12-4,33-13-5)34-14-6/h9-26H2,1-8H3. The van der Waals surface area contributed by atoms with Gasteiger partial charge in [-0.3, -0.25) is 0 Å². The molecule has 0 aliphatic heterocycles. The zero-order valence-electron chi connectivity index (χ0n) is 25.1. The summed E-state index contributed by atoms with van der Waals surface area (Å²) in [7, 11) is -0.906. The van der Waals surface area contributed by atoms with E-state index in [1.165, 1.54) is 32.2 Å². The molecule has 0 fully saturated rings. The first-order chi connectivity index (χ1) is 17.4. The highest BCUT2D eigenvalue weighted by Gasteiger charge is 2.41. The van der Waals surface area contributed by atoms with Crippen molar-refractivity contribution in [3.8, 4) is 0 Å². The molecule has 218 valence electrons. The lowest BCUT2D eigenvalue weighted by molar-refractivity contribution is 0.0692. The van der Waals surface area contributed by atoms with Gasteiger partial charge in [-0.2, -0.15) is 0 Å². The molecule has 0 heterocycles. The second-order valence-electron chi connectivity index (χ2n) is 9.23. The zero-order valence-corrected chi connectivity index (χ0v) is 27.1. The molecule has 0 aliphatic carbocycles. The molecule has 36 heavy (non-hydrogen) atoms. The van der Waals surface area contributed by atoms with E-state index in [1.807, 2.05) is 41.5 Å². The predicted molar refractivity (Wildman–Crippen MR) is 154 cm³/mol. The summed E-state index contributed by atoms with van der Waals surface area (Å²) in [5.41, 5.74) is 0. The zero-order chi connectivity index (χ0) is 27.1. The van der Waals surface area contributed by atoms with E-state index in [9.17, 15) is 0 Å². The van der Waals surface area contributed by atoms with Crippen LogP contribution in [0.15, 0.2) is 0 Å². The van der Waals surface area contributed by atoms with E-state index in [0.29, 0.717) is 39.6 Å². The van der Waals surface area contributed by atoms with Crippen molar-refractivity contribution in [1.29, 1.82) is 0 Å². The molecule has 0 amide bonds. The minimum Gasteiger partial charge on any atom is -0.374 e. The van der Waals surface area contributed by atoms with E-state index in [0.717, 1.165) is 44.6 Å². The number of unbranched alkanes of at least 4 members (excludes halogenated alkanes) is 3. The first kappa shape index (κ1) is 36.1. The Morgan fingerprint density at radius 1 is 0.417 bits per heavy atom. The summed E-state index contributed by atoms with van der Waals surface area (Å²) in [4.78, 5) is 4.86. The molecule has 8 nitrogen and oxygen atoms in total. The molecule has 0 aromatic carbocycles. The van der Waals surface area contributed by atoms with E-state index in [-0.39, 0.29) is 0 Å². The average Bonchev–Trinajstić information content (AvgIpc) is 2.82. The van der Waals surface area contributed by atoms with Crippen LogP contribution in [0.4, 0.5) is 0 Å². The van der Waals surface area contributed by atoms with Crippen LogP contribution in [0.3, 0.4) is 0 Å². The van der Waals surface area contributed by atoms with Crippen molar-refractivity contribution in [1.82, 2.24) is 9.80 Å². The lowest BCUT2D eigenvalue weighted by Crippen LogP contribution is -2.47. The second-order valence-corrected chi connectivity index (χ2v) is 14.7. The van der Waals surface area contributed by atoms with E-state index in [1.54, 1.807) is 0 Å². The van der Waals surface area contributed by atoms with Gasteiger partial charge in [-0.1, -0.05) is 12.8 Å². The fourth-order valence-electron chi connectivity index (χ4n) is 4.49. The van der Waals surface area contributed by atoms with Crippen molar-refractivity contribution < 1.29 is 26.6 Å². The Morgan fingerprint density at radius 2 is 0.722 bits per heavy atom.